The van der Waals surface area contributed by atoms with Crippen molar-refractivity contribution in [2.45, 2.75) is 154 Å². The van der Waals surface area contributed by atoms with Crippen LogP contribution in [0.3, 0.4) is 0 Å². The first-order chi connectivity index (χ1) is 25.6. The molecular formula is C45H76NO7+. The van der Waals surface area contributed by atoms with Crippen LogP contribution in [-0.4, -0.2) is 80.6 Å². The molecule has 2 atom stereocenters. The number of aliphatic carboxylic acids is 1. The molecule has 8 heteroatoms. The van der Waals surface area contributed by atoms with Gasteiger partial charge in [0, 0.05) is 19.3 Å². The lowest BCUT2D eigenvalue weighted by Gasteiger charge is -2.31. The maximum absolute atomic E-state index is 12.7. The Hall–Kier alpha value is -3.23. The number of esters is 2. The van der Waals surface area contributed by atoms with E-state index in [1.165, 1.54) is 32.1 Å². The fourth-order valence-corrected chi connectivity index (χ4v) is 5.43. The van der Waals surface area contributed by atoms with E-state index in [1.54, 1.807) is 0 Å². The Kier molecular flexibility index (Phi) is 33.6. The van der Waals surface area contributed by atoms with Gasteiger partial charge in [-0.2, -0.15) is 0 Å². The molecule has 0 aliphatic rings. The second kappa shape index (κ2) is 35.8. The van der Waals surface area contributed by atoms with Crippen LogP contribution in [0.4, 0.5) is 0 Å². The second-order valence-corrected chi connectivity index (χ2v) is 14.7. The Labute approximate surface area is 323 Å². The van der Waals surface area contributed by atoms with Crippen LogP contribution in [0.1, 0.15) is 142 Å². The molecule has 0 fully saturated rings. The van der Waals surface area contributed by atoms with Gasteiger partial charge >= 0.3 is 17.9 Å². The summed E-state index contributed by atoms with van der Waals surface area (Å²) in [7, 11) is 5.49. The summed E-state index contributed by atoms with van der Waals surface area (Å²) in [6, 6.07) is -0.626. The van der Waals surface area contributed by atoms with E-state index in [9.17, 15) is 19.5 Å². The van der Waals surface area contributed by atoms with Crippen molar-refractivity contribution < 1.29 is 38.2 Å². The number of unbranched alkanes of at least 4 members (excludes halogenated alkanes) is 13. The number of quaternary nitrogens is 1. The highest BCUT2D eigenvalue weighted by Gasteiger charge is 2.31. The molecule has 0 aromatic rings. The minimum atomic E-state index is -0.887. The first kappa shape index (κ1) is 49.8. The molecule has 0 rings (SSSR count). The zero-order valence-electron chi connectivity index (χ0n) is 34.2. The molecule has 2 unspecified atom stereocenters. The van der Waals surface area contributed by atoms with Gasteiger partial charge in [-0.05, 0) is 57.8 Å². The molecule has 0 aromatic heterocycles. The number of hydrogen-bond acceptors (Lipinski definition) is 6. The Morgan fingerprint density at radius 3 is 1.57 bits per heavy atom. The Morgan fingerprint density at radius 2 is 1.02 bits per heavy atom. The lowest BCUT2D eigenvalue weighted by Crippen LogP contribution is -2.50. The Balaban J connectivity index is 4.49. The summed E-state index contributed by atoms with van der Waals surface area (Å²) >= 11 is 0. The van der Waals surface area contributed by atoms with E-state index in [2.05, 4.69) is 80.7 Å². The average molecular weight is 743 g/mol. The van der Waals surface area contributed by atoms with Crippen LogP contribution in [0, 0.1) is 0 Å². The number of likely N-dealkylation sites (N-methyl/N-ethyl adjacent to an activating group) is 1. The lowest BCUT2D eigenvalue weighted by molar-refractivity contribution is -0.887. The fraction of sp³-hybridized carbons (Fsp3) is 0.667. The first-order valence-corrected chi connectivity index (χ1v) is 20.5. The standard InChI is InChI=1S/C45H75NO7/c1-6-8-10-12-14-16-18-19-20-21-22-23-24-26-28-30-32-34-36-44(48)53-41(39-51-38-37-42(45(49)50)46(3,4)5)40-52-43(47)35-33-31-29-27-25-17-15-13-11-9-7-2/h13-23,25,41-42H,6-12,24,26-40H2,1-5H3/p+1/b15-13+,16-14+,19-18+,21-20+,23-22+,25-17+. The molecule has 0 aliphatic heterocycles. The Bertz CT molecular complexity index is 1100. The first-order valence-electron chi connectivity index (χ1n) is 20.5. The number of allylic oxidation sites excluding steroid dienone is 12. The zero-order valence-corrected chi connectivity index (χ0v) is 34.2. The molecule has 0 saturated carbocycles. The minimum Gasteiger partial charge on any atom is -0.477 e. The highest BCUT2D eigenvalue weighted by atomic mass is 16.6. The predicted molar refractivity (Wildman–Crippen MR) is 220 cm³/mol. The molecule has 1 N–H and O–H groups in total. The van der Waals surface area contributed by atoms with Gasteiger partial charge in [0.1, 0.15) is 6.61 Å². The molecule has 53 heavy (non-hydrogen) atoms. The summed E-state index contributed by atoms with van der Waals surface area (Å²) in [5.74, 6) is -1.55. The second-order valence-electron chi connectivity index (χ2n) is 14.7. The number of carbonyl (C=O) groups is 3. The number of nitrogens with zero attached hydrogens (tertiary/aromatic N) is 1. The third-order valence-corrected chi connectivity index (χ3v) is 8.70. The van der Waals surface area contributed by atoms with E-state index in [-0.39, 0.29) is 36.2 Å². The SMILES string of the molecule is CCCC/C=C/C=C/CCCCCC(=O)OCC(COCCC(C(=O)O)[N+](C)(C)C)OC(=O)CCCCCCC/C=C/C=C/C=C/C=C/CCCCC. The van der Waals surface area contributed by atoms with Gasteiger partial charge in [-0.25, -0.2) is 4.79 Å². The molecule has 0 radical (unpaired) electrons. The Morgan fingerprint density at radius 1 is 0.566 bits per heavy atom. The quantitative estimate of drug-likeness (QED) is 0.0299. The molecule has 0 amide bonds. The van der Waals surface area contributed by atoms with Crippen molar-refractivity contribution in [3.63, 3.8) is 0 Å². The van der Waals surface area contributed by atoms with Crippen LogP contribution in [0.5, 0.6) is 0 Å². The van der Waals surface area contributed by atoms with Crippen molar-refractivity contribution in [3.05, 3.63) is 72.9 Å². The molecule has 0 aromatic carbocycles. The molecule has 0 aliphatic carbocycles. The van der Waals surface area contributed by atoms with Gasteiger partial charge in [0.15, 0.2) is 12.1 Å². The van der Waals surface area contributed by atoms with E-state index < -0.39 is 18.1 Å². The van der Waals surface area contributed by atoms with Crippen LogP contribution in [-0.2, 0) is 28.6 Å². The van der Waals surface area contributed by atoms with Crippen molar-refractivity contribution in [3.8, 4) is 0 Å². The van der Waals surface area contributed by atoms with E-state index in [4.69, 9.17) is 14.2 Å². The highest BCUT2D eigenvalue weighted by molar-refractivity contribution is 5.72. The van der Waals surface area contributed by atoms with Crippen LogP contribution < -0.4 is 0 Å². The number of carboxylic acid groups (broad SMARTS) is 1. The van der Waals surface area contributed by atoms with Gasteiger partial charge in [0.25, 0.3) is 0 Å². The topological polar surface area (TPSA) is 99.1 Å². The number of ether oxygens (including phenoxy) is 3. The normalized spacial score (nSPS) is 13.8. The molecule has 302 valence electrons. The summed E-state index contributed by atoms with van der Waals surface area (Å²) in [6.07, 6.45) is 43.7. The summed E-state index contributed by atoms with van der Waals surface area (Å²) in [6.45, 7) is 4.56. The molecule has 0 spiro atoms. The predicted octanol–water partition coefficient (Wildman–Crippen LogP) is 10.8. The van der Waals surface area contributed by atoms with Gasteiger partial charge in [0.2, 0.25) is 0 Å². The summed E-state index contributed by atoms with van der Waals surface area (Å²) < 4.78 is 17.2. The van der Waals surface area contributed by atoms with Crippen molar-refractivity contribution in [1.29, 1.82) is 0 Å². The smallest absolute Gasteiger partial charge is 0.362 e. The number of carbonyl (C=O) groups excluding carboxylic acids is 2. The summed E-state index contributed by atoms with van der Waals surface area (Å²) in [5.41, 5.74) is 0. The van der Waals surface area contributed by atoms with Gasteiger partial charge < -0.3 is 23.8 Å². The van der Waals surface area contributed by atoms with E-state index in [0.29, 0.717) is 19.3 Å². The van der Waals surface area contributed by atoms with Gasteiger partial charge in [-0.15, -0.1) is 0 Å². The van der Waals surface area contributed by atoms with Crippen molar-refractivity contribution in [2.24, 2.45) is 0 Å². The minimum absolute atomic E-state index is 0.0386. The van der Waals surface area contributed by atoms with Crippen molar-refractivity contribution >= 4 is 17.9 Å². The lowest BCUT2D eigenvalue weighted by atomic mass is 10.1. The van der Waals surface area contributed by atoms with E-state index in [0.717, 1.165) is 77.0 Å². The van der Waals surface area contributed by atoms with E-state index >= 15 is 0 Å². The number of rotatable bonds is 35. The maximum Gasteiger partial charge on any atom is 0.362 e. The van der Waals surface area contributed by atoms with Crippen LogP contribution in [0.25, 0.3) is 0 Å². The molecule has 0 saturated heterocycles. The van der Waals surface area contributed by atoms with Crippen molar-refractivity contribution in [2.75, 3.05) is 41.0 Å². The van der Waals surface area contributed by atoms with Crippen LogP contribution in [0.2, 0.25) is 0 Å². The maximum atomic E-state index is 12.7. The van der Waals surface area contributed by atoms with Gasteiger partial charge in [-0.1, -0.05) is 138 Å². The van der Waals surface area contributed by atoms with E-state index in [1.807, 2.05) is 27.2 Å². The zero-order chi connectivity index (χ0) is 39.3. The monoisotopic (exact) mass is 743 g/mol. The van der Waals surface area contributed by atoms with Crippen LogP contribution in [0.15, 0.2) is 72.9 Å². The van der Waals surface area contributed by atoms with Gasteiger partial charge in [-0.3, -0.25) is 9.59 Å². The molecule has 0 bridgehead atoms. The van der Waals surface area contributed by atoms with Crippen LogP contribution >= 0.6 is 0 Å². The number of carboxylic acids is 1. The van der Waals surface area contributed by atoms with Gasteiger partial charge in [0.05, 0.1) is 34.4 Å². The third kappa shape index (κ3) is 34.3. The largest absolute Gasteiger partial charge is 0.477 e. The molecule has 0 heterocycles. The van der Waals surface area contributed by atoms with Crippen molar-refractivity contribution in [1.82, 2.24) is 0 Å². The average Bonchev–Trinajstić information content (AvgIpc) is 3.11. The summed E-state index contributed by atoms with van der Waals surface area (Å²) in [4.78, 5) is 36.8. The molecule has 8 nitrogen and oxygen atoms in total. The number of hydrogen-bond donors (Lipinski definition) is 1. The third-order valence-electron chi connectivity index (χ3n) is 8.70. The fourth-order valence-electron chi connectivity index (χ4n) is 5.43. The molecular weight excluding hydrogens is 666 g/mol. The highest BCUT2D eigenvalue weighted by Crippen LogP contribution is 2.12. The summed E-state index contributed by atoms with van der Waals surface area (Å²) in [5, 5.41) is 9.59.